The predicted octanol–water partition coefficient (Wildman–Crippen LogP) is 11.1. The lowest BCUT2D eigenvalue weighted by Crippen LogP contribution is -2.29. The molecule has 0 aromatic heterocycles. The van der Waals surface area contributed by atoms with Crippen molar-refractivity contribution in [3.05, 3.63) is 60.8 Å². The standard InChI is InChI=1S/C44H77O10P/c1-3-5-7-9-11-13-15-17-19-20-22-24-26-28-30-32-34-36-44(48)54-42(40-53-55(49,50)52-38-41(46)37-45)39-51-43(47)35-33-31-29-27-25-23-21-18-16-14-12-10-8-6-4-2/h11,13,17-19,21-22,24-25,27,41-42,45-46H,3-10,12,14-16,20,23,26,28-40H2,1-2H3,(H,49,50)/b13-11+,19-17+,21-18+,24-22+,27-25+/t41-,42+/m0/s1. The molecule has 55 heavy (non-hydrogen) atoms. The predicted molar refractivity (Wildman–Crippen MR) is 224 cm³/mol. The van der Waals surface area contributed by atoms with E-state index in [0.717, 1.165) is 70.6 Å². The molecule has 0 bridgehead atoms. The van der Waals surface area contributed by atoms with Gasteiger partial charge in [0.1, 0.15) is 12.7 Å². The molecule has 0 fully saturated rings. The fourth-order valence-electron chi connectivity index (χ4n) is 5.32. The lowest BCUT2D eigenvalue weighted by atomic mass is 10.1. The van der Waals surface area contributed by atoms with Gasteiger partial charge in [-0.15, -0.1) is 0 Å². The second kappa shape index (κ2) is 39.9. The van der Waals surface area contributed by atoms with Gasteiger partial charge in [-0.1, -0.05) is 132 Å². The van der Waals surface area contributed by atoms with Gasteiger partial charge in [-0.2, -0.15) is 0 Å². The van der Waals surface area contributed by atoms with Crippen molar-refractivity contribution < 1.29 is 47.8 Å². The number of carbonyl (C=O) groups is 2. The SMILES string of the molecule is CCCCC/C=C/C/C=C/C/C=C/CCCCCCC(=O)O[C@H](COC(=O)CCCC/C=C/C/C=C/CCCCCCCC)COP(=O)(O)OC[C@@H](O)CO. The van der Waals surface area contributed by atoms with Crippen LogP contribution in [-0.4, -0.2) is 65.7 Å². The van der Waals surface area contributed by atoms with Crippen molar-refractivity contribution >= 4 is 19.8 Å². The molecule has 0 aromatic rings. The molecule has 0 spiro atoms. The Morgan fingerprint density at radius 3 is 1.49 bits per heavy atom. The van der Waals surface area contributed by atoms with Gasteiger partial charge in [0, 0.05) is 12.8 Å². The van der Waals surface area contributed by atoms with Crippen molar-refractivity contribution in [2.75, 3.05) is 26.4 Å². The molecule has 0 aromatic carbocycles. The zero-order valence-electron chi connectivity index (χ0n) is 34.4. The molecular formula is C44H77O10P. The number of carbonyl (C=O) groups excluding carboxylic acids is 2. The number of ether oxygens (including phenoxy) is 2. The third-order valence-electron chi connectivity index (χ3n) is 8.64. The van der Waals surface area contributed by atoms with Crippen LogP contribution in [0.3, 0.4) is 0 Å². The molecule has 0 aliphatic rings. The number of allylic oxidation sites excluding steroid dienone is 10. The van der Waals surface area contributed by atoms with Gasteiger partial charge in [0.05, 0.1) is 19.8 Å². The number of hydrogen-bond acceptors (Lipinski definition) is 9. The number of unbranched alkanes of at least 4 members (excludes halogenated alkanes) is 15. The van der Waals surface area contributed by atoms with Gasteiger partial charge in [-0.05, 0) is 83.5 Å². The van der Waals surface area contributed by atoms with Crippen LogP contribution in [0.4, 0.5) is 0 Å². The molecule has 0 aliphatic carbocycles. The quantitative estimate of drug-likeness (QED) is 0.0237. The van der Waals surface area contributed by atoms with Gasteiger partial charge in [-0.3, -0.25) is 18.6 Å². The van der Waals surface area contributed by atoms with E-state index < -0.39 is 51.8 Å². The molecule has 318 valence electrons. The Kier molecular flexibility index (Phi) is 38.2. The van der Waals surface area contributed by atoms with E-state index >= 15 is 0 Å². The minimum absolute atomic E-state index is 0.149. The van der Waals surface area contributed by atoms with Crippen LogP contribution in [0.25, 0.3) is 0 Å². The van der Waals surface area contributed by atoms with Crippen molar-refractivity contribution in [3.8, 4) is 0 Å². The van der Waals surface area contributed by atoms with Gasteiger partial charge in [0.25, 0.3) is 0 Å². The van der Waals surface area contributed by atoms with E-state index in [1.54, 1.807) is 0 Å². The third kappa shape index (κ3) is 39.7. The van der Waals surface area contributed by atoms with Crippen LogP contribution in [0.15, 0.2) is 60.8 Å². The van der Waals surface area contributed by atoms with Crippen molar-refractivity contribution in [3.63, 3.8) is 0 Å². The topological polar surface area (TPSA) is 149 Å². The first-order chi connectivity index (χ1) is 26.7. The van der Waals surface area contributed by atoms with Crippen molar-refractivity contribution in [2.24, 2.45) is 0 Å². The maximum absolute atomic E-state index is 12.6. The molecular weight excluding hydrogens is 719 g/mol. The molecule has 11 heteroatoms. The maximum Gasteiger partial charge on any atom is 0.472 e. The highest BCUT2D eigenvalue weighted by molar-refractivity contribution is 7.47. The molecule has 0 rings (SSSR count). The largest absolute Gasteiger partial charge is 0.472 e. The highest BCUT2D eigenvalue weighted by Crippen LogP contribution is 2.43. The number of aliphatic hydroxyl groups excluding tert-OH is 2. The Labute approximate surface area is 334 Å². The number of hydrogen-bond donors (Lipinski definition) is 3. The molecule has 0 amide bonds. The fourth-order valence-corrected chi connectivity index (χ4v) is 6.11. The van der Waals surface area contributed by atoms with E-state index in [2.05, 4.69) is 79.1 Å². The zero-order chi connectivity index (χ0) is 40.5. The minimum atomic E-state index is -4.63. The first-order valence-electron chi connectivity index (χ1n) is 21.2. The van der Waals surface area contributed by atoms with Crippen LogP contribution >= 0.6 is 7.82 Å². The molecule has 10 nitrogen and oxygen atoms in total. The van der Waals surface area contributed by atoms with Crippen molar-refractivity contribution in [1.82, 2.24) is 0 Å². The highest BCUT2D eigenvalue weighted by atomic mass is 31.2. The van der Waals surface area contributed by atoms with Crippen molar-refractivity contribution in [1.29, 1.82) is 0 Å². The second-order valence-electron chi connectivity index (χ2n) is 14.0. The molecule has 0 aliphatic heterocycles. The van der Waals surface area contributed by atoms with Gasteiger partial charge in [0.2, 0.25) is 0 Å². The first kappa shape index (κ1) is 52.7. The summed E-state index contributed by atoms with van der Waals surface area (Å²) in [7, 11) is -4.63. The molecule has 0 saturated heterocycles. The molecule has 1 unspecified atom stereocenters. The monoisotopic (exact) mass is 797 g/mol. The Bertz CT molecular complexity index is 1100. The van der Waals surface area contributed by atoms with Crippen LogP contribution in [0, 0.1) is 0 Å². The van der Waals surface area contributed by atoms with E-state index in [4.69, 9.17) is 19.1 Å². The highest BCUT2D eigenvalue weighted by Gasteiger charge is 2.27. The Morgan fingerprint density at radius 1 is 0.545 bits per heavy atom. The molecule has 0 radical (unpaired) electrons. The van der Waals surface area contributed by atoms with Crippen LogP contribution in [0.1, 0.15) is 168 Å². The van der Waals surface area contributed by atoms with Gasteiger partial charge in [-0.25, -0.2) is 4.57 Å². The summed E-state index contributed by atoms with van der Waals surface area (Å²) in [6.45, 7) is 2.27. The summed E-state index contributed by atoms with van der Waals surface area (Å²) in [5.41, 5.74) is 0. The average molecular weight is 797 g/mol. The van der Waals surface area contributed by atoms with Gasteiger partial charge < -0.3 is 24.6 Å². The summed E-state index contributed by atoms with van der Waals surface area (Å²) in [5, 5.41) is 18.3. The van der Waals surface area contributed by atoms with Crippen LogP contribution in [0.2, 0.25) is 0 Å². The maximum atomic E-state index is 12.6. The molecule has 3 N–H and O–H groups in total. The average Bonchev–Trinajstić information content (AvgIpc) is 3.17. The smallest absolute Gasteiger partial charge is 0.462 e. The van der Waals surface area contributed by atoms with E-state index in [1.807, 2.05) is 0 Å². The van der Waals surface area contributed by atoms with Crippen LogP contribution < -0.4 is 0 Å². The summed E-state index contributed by atoms with van der Waals surface area (Å²) < 4.78 is 32.6. The van der Waals surface area contributed by atoms with Gasteiger partial charge >= 0.3 is 19.8 Å². The Balaban J connectivity index is 4.42. The summed E-state index contributed by atoms with van der Waals surface area (Å²) in [4.78, 5) is 34.9. The number of phosphoric acid groups is 1. The third-order valence-corrected chi connectivity index (χ3v) is 9.60. The minimum Gasteiger partial charge on any atom is -0.462 e. The van der Waals surface area contributed by atoms with E-state index in [9.17, 15) is 24.2 Å². The summed E-state index contributed by atoms with van der Waals surface area (Å²) >= 11 is 0. The number of aliphatic hydroxyl groups is 2. The first-order valence-corrected chi connectivity index (χ1v) is 22.7. The van der Waals surface area contributed by atoms with E-state index in [0.29, 0.717) is 12.8 Å². The zero-order valence-corrected chi connectivity index (χ0v) is 35.3. The fraction of sp³-hybridized carbons (Fsp3) is 0.727. The van der Waals surface area contributed by atoms with Gasteiger partial charge in [0.15, 0.2) is 6.10 Å². The van der Waals surface area contributed by atoms with Crippen LogP contribution in [0.5, 0.6) is 0 Å². The number of esters is 2. The van der Waals surface area contributed by atoms with Crippen LogP contribution in [-0.2, 0) is 32.7 Å². The van der Waals surface area contributed by atoms with E-state index in [-0.39, 0.29) is 19.4 Å². The normalized spacial score (nSPS) is 14.5. The molecule has 0 saturated carbocycles. The molecule has 0 heterocycles. The number of rotatable bonds is 39. The summed E-state index contributed by atoms with van der Waals surface area (Å²) in [6, 6.07) is 0. The Morgan fingerprint density at radius 2 is 0.945 bits per heavy atom. The number of phosphoric ester groups is 1. The second-order valence-corrected chi connectivity index (χ2v) is 15.5. The summed E-state index contributed by atoms with van der Waals surface area (Å²) in [5.74, 6) is -0.992. The Hall–Kier alpha value is -2.33. The lowest BCUT2D eigenvalue weighted by Gasteiger charge is -2.20. The lowest BCUT2D eigenvalue weighted by molar-refractivity contribution is -0.161. The molecule has 3 atom stereocenters. The summed E-state index contributed by atoms with van der Waals surface area (Å²) in [6.07, 6.45) is 43.3. The van der Waals surface area contributed by atoms with E-state index in [1.165, 1.54) is 57.8 Å². The van der Waals surface area contributed by atoms with Crippen molar-refractivity contribution in [2.45, 2.75) is 180 Å².